The van der Waals surface area contributed by atoms with Crippen LogP contribution in [-0.4, -0.2) is 75.6 Å². The molecule has 2 N–H and O–H groups in total. The summed E-state index contributed by atoms with van der Waals surface area (Å²) < 4.78 is 12.9. The van der Waals surface area contributed by atoms with E-state index in [1.165, 1.54) is 12.1 Å². The van der Waals surface area contributed by atoms with Gasteiger partial charge in [-0.25, -0.2) is 0 Å². The van der Waals surface area contributed by atoms with Gasteiger partial charge in [-0.1, -0.05) is 49.2 Å². The first-order valence-corrected chi connectivity index (χ1v) is 18.9. The number of non-ortho nitro benzene ring substituents is 2. The lowest BCUT2D eigenvalue weighted by atomic mass is 9.75. The van der Waals surface area contributed by atoms with Crippen LogP contribution in [0.5, 0.6) is 0 Å². The molecule has 0 fully saturated rings. The number of aliphatic hydroxyl groups is 1. The number of Topliss-reactive ketones (excluding diaryl/α,β-unsaturated/α-hetero) is 1. The van der Waals surface area contributed by atoms with E-state index in [0.717, 1.165) is 40.7 Å². The Kier molecular flexibility index (Phi) is 11.9. The molecule has 14 nitrogen and oxygen atoms in total. The summed E-state index contributed by atoms with van der Waals surface area (Å²) in [6.45, 7) is 7.81. The number of carboxylic acids is 1. The van der Waals surface area contributed by atoms with Gasteiger partial charge in [0.1, 0.15) is 5.76 Å². The van der Waals surface area contributed by atoms with Gasteiger partial charge in [0.15, 0.2) is 12.3 Å². The van der Waals surface area contributed by atoms with Crippen molar-refractivity contribution in [3.05, 3.63) is 138 Å². The zero-order valence-corrected chi connectivity index (χ0v) is 32.5. The van der Waals surface area contributed by atoms with Crippen LogP contribution in [0.3, 0.4) is 0 Å². The second kappa shape index (κ2) is 16.6. The Bertz CT molecular complexity index is 2220. The van der Waals surface area contributed by atoms with Gasteiger partial charge >= 0.3 is 5.97 Å². The van der Waals surface area contributed by atoms with E-state index in [0.29, 0.717) is 56.9 Å². The molecule has 3 aliphatic rings. The number of nitro benzene ring substituents is 2. The van der Waals surface area contributed by atoms with E-state index in [1.807, 2.05) is 60.9 Å². The van der Waals surface area contributed by atoms with Crippen molar-refractivity contribution in [2.75, 3.05) is 38.4 Å². The van der Waals surface area contributed by atoms with E-state index in [1.54, 1.807) is 19.3 Å². The minimum atomic E-state index is -0.832. The van der Waals surface area contributed by atoms with E-state index in [2.05, 4.69) is 17.9 Å². The molecule has 2 heterocycles. The third-order valence-corrected chi connectivity index (χ3v) is 11.2. The highest BCUT2D eigenvalue weighted by atomic mass is 16.6. The van der Waals surface area contributed by atoms with Crippen LogP contribution in [0.15, 0.2) is 101 Å². The molecule has 14 heteroatoms. The van der Waals surface area contributed by atoms with Crippen LogP contribution < -0.4 is 4.90 Å². The van der Waals surface area contributed by atoms with E-state index in [9.17, 15) is 40.0 Å². The fourth-order valence-electron chi connectivity index (χ4n) is 8.21. The smallest absolute Gasteiger partial charge is 0.303 e. The van der Waals surface area contributed by atoms with Crippen molar-refractivity contribution < 1.29 is 43.7 Å². The number of carboxylic acid groups (broad SMARTS) is 1. The third-order valence-electron chi connectivity index (χ3n) is 11.2. The largest absolute Gasteiger partial charge is 0.506 e. The Morgan fingerprint density at radius 2 is 1.56 bits per heavy atom. The Balaban J connectivity index is 1.42. The van der Waals surface area contributed by atoms with Crippen molar-refractivity contribution in [3.8, 4) is 0 Å². The highest BCUT2D eigenvalue weighted by molar-refractivity contribution is 6.24. The number of allylic oxidation sites excluding steroid dienone is 5. The summed E-state index contributed by atoms with van der Waals surface area (Å²) in [5.74, 6) is -1.36. The van der Waals surface area contributed by atoms with Gasteiger partial charge in [-0.15, -0.1) is 0 Å². The van der Waals surface area contributed by atoms with Gasteiger partial charge in [0.25, 0.3) is 11.4 Å². The number of hydrogen-bond acceptors (Lipinski definition) is 10. The van der Waals surface area contributed by atoms with Gasteiger partial charge in [0, 0.05) is 72.3 Å². The molecule has 57 heavy (non-hydrogen) atoms. The number of rotatable bonds is 18. The average molecular weight is 780 g/mol. The lowest BCUT2D eigenvalue weighted by molar-refractivity contribution is -0.455. The molecule has 1 unspecified atom stereocenters. The highest BCUT2D eigenvalue weighted by Gasteiger charge is 2.48. The Hall–Kier alpha value is -5.99. The summed E-state index contributed by atoms with van der Waals surface area (Å²) >= 11 is 0. The first-order valence-electron chi connectivity index (χ1n) is 18.9. The molecule has 1 aliphatic carbocycles. The summed E-state index contributed by atoms with van der Waals surface area (Å²) in [5.41, 5.74) is 3.69. The number of unbranched alkanes of at least 4 members (excludes halogenated alkanes) is 2. The number of aliphatic hydroxyl groups excluding tert-OH is 1. The Morgan fingerprint density at radius 3 is 2.21 bits per heavy atom. The monoisotopic (exact) mass is 779 g/mol. The van der Waals surface area contributed by atoms with Gasteiger partial charge in [-0.2, -0.15) is 4.58 Å². The summed E-state index contributed by atoms with van der Waals surface area (Å²) in [5, 5.41) is 44.3. The van der Waals surface area contributed by atoms with E-state index >= 15 is 0 Å². The molecular weight excluding hydrogens is 732 g/mol. The normalized spacial score (nSPS) is 19.6. The lowest BCUT2D eigenvalue weighted by Gasteiger charge is -2.32. The number of para-hydroxylation sites is 2. The van der Waals surface area contributed by atoms with Crippen LogP contribution in [0.2, 0.25) is 0 Å². The molecule has 0 saturated carbocycles. The predicted molar refractivity (Wildman–Crippen MR) is 213 cm³/mol. The molecule has 0 spiro atoms. The fourth-order valence-corrected chi connectivity index (χ4v) is 8.21. The molecule has 1 atom stereocenters. The van der Waals surface area contributed by atoms with Crippen LogP contribution in [-0.2, 0) is 36.4 Å². The number of fused-ring (bicyclic) bond motifs is 2. The van der Waals surface area contributed by atoms with Gasteiger partial charge in [-0.3, -0.25) is 29.8 Å². The topological polar surface area (TPSA) is 186 Å². The Morgan fingerprint density at radius 1 is 0.895 bits per heavy atom. The van der Waals surface area contributed by atoms with Crippen LogP contribution in [0.1, 0.15) is 69.6 Å². The summed E-state index contributed by atoms with van der Waals surface area (Å²) in [7, 11) is 1.61. The number of hydrogen-bond donors (Lipinski definition) is 2. The molecule has 6 rings (SSSR count). The molecule has 0 radical (unpaired) electrons. The van der Waals surface area contributed by atoms with Crippen molar-refractivity contribution in [3.63, 3.8) is 0 Å². The zero-order valence-electron chi connectivity index (χ0n) is 32.5. The molecule has 0 bridgehead atoms. The maximum Gasteiger partial charge on any atom is 0.303 e. The van der Waals surface area contributed by atoms with Crippen LogP contribution in [0, 0.1) is 20.2 Å². The molecular formula is C43H47N4O10+. The van der Waals surface area contributed by atoms with Crippen molar-refractivity contribution in [1.29, 1.82) is 0 Å². The minimum Gasteiger partial charge on any atom is -0.506 e. The van der Waals surface area contributed by atoms with Crippen molar-refractivity contribution in [1.82, 2.24) is 0 Å². The number of nitro groups is 2. The molecule has 2 aliphatic heterocycles. The molecule has 0 amide bonds. The van der Waals surface area contributed by atoms with E-state index in [4.69, 9.17) is 9.47 Å². The first kappa shape index (κ1) is 40.7. The molecule has 3 aromatic rings. The zero-order chi connectivity index (χ0) is 41.1. The third kappa shape index (κ3) is 8.00. The fraction of sp³-hybridized carbons (Fsp3) is 0.372. The van der Waals surface area contributed by atoms with Crippen molar-refractivity contribution >= 4 is 40.2 Å². The summed E-state index contributed by atoms with van der Waals surface area (Å²) in [4.78, 5) is 49.6. The molecule has 298 valence electrons. The van der Waals surface area contributed by atoms with Crippen molar-refractivity contribution in [2.45, 2.75) is 70.3 Å². The minimum absolute atomic E-state index is 0.0299. The van der Waals surface area contributed by atoms with Crippen LogP contribution in [0.4, 0.5) is 22.7 Å². The predicted octanol–water partition coefficient (Wildman–Crippen LogP) is 7.76. The first-order chi connectivity index (χ1) is 27.2. The Labute approximate surface area is 330 Å². The maximum absolute atomic E-state index is 14.2. The van der Waals surface area contributed by atoms with Gasteiger partial charge in [-0.05, 0) is 51.3 Å². The standard InChI is InChI=1S/C43H46N4O10/c1-42(2)33-12-7-9-14-35(33)45(27-28-22-29(46(52)53)24-30(23-28)47(54)55)37(42)25-31-40(50)32(41(31)51)26-38-43(3,17-11-5-6-16-39(48)49)34-13-8-10-15-36(34)44(38)18-19-57-21-20-56-4/h7-10,12-15,22-26H,5-6,11,16-21,27H2,1-4H3,(H-,48,49,50,51)/p+1. The van der Waals surface area contributed by atoms with Gasteiger partial charge < -0.3 is 24.6 Å². The van der Waals surface area contributed by atoms with E-state index in [-0.39, 0.29) is 35.7 Å². The number of anilines is 1. The van der Waals surface area contributed by atoms with Crippen LogP contribution in [0.25, 0.3) is 0 Å². The number of ketones is 1. The molecule has 3 aromatic carbocycles. The number of benzene rings is 3. The van der Waals surface area contributed by atoms with Crippen molar-refractivity contribution in [2.24, 2.45) is 0 Å². The molecule has 0 saturated heterocycles. The number of ether oxygens (including phenoxy) is 2. The SMILES string of the molecule is COCCOCCN1C(=CC2=C(O)C(=CC3=[N+](Cc4cc([N+](=O)[O-])cc([N+](=O)[O-])c4)c4ccccc4C3(C)C)C2=O)C(C)(CCCCCC(=O)O)c2ccccc21. The summed E-state index contributed by atoms with van der Waals surface area (Å²) in [6.07, 6.45) is 6.20. The van der Waals surface area contributed by atoms with E-state index < -0.39 is 38.0 Å². The summed E-state index contributed by atoms with van der Waals surface area (Å²) in [6, 6.07) is 19.1. The average Bonchev–Trinajstić information content (AvgIpc) is 3.54. The second-order valence-electron chi connectivity index (χ2n) is 15.2. The number of aliphatic carboxylic acids is 1. The highest BCUT2D eigenvalue weighted by Crippen LogP contribution is 2.52. The number of methoxy groups -OCH3 is 1. The number of carbonyl (C=O) groups is 2. The second-order valence-corrected chi connectivity index (χ2v) is 15.2. The quantitative estimate of drug-likeness (QED) is 0.0423. The van der Waals surface area contributed by atoms with Crippen LogP contribution >= 0.6 is 0 Å². The molecule has 0 aromatic heterocycles. The number of carbonyl (C=O) groups excluding carboxylic acids is 1. The lowest BCUT2D eigenvalue weighted by Crippen LogP contribution is -2.33. The number of nitrogens with zero attached hydrogens (tertiary/aromatic N) is 4. The maximum atomic E-state index is 14.2. The van der Waals surface area contributed by atoms with Gasteiger partial charge in [0.2, 0.25) is 11.5 Å². The van der Waals surface area contributed by atoms with Gasteiger partial charge in [0.05, 0.1) is 52.3 Å².